The molecule has 7 nitrogen and oxygen atoms in total. The van der Waals surface area contributed by atoms with Crippen LogP contribution in [-0.4, -0.2) is 23.4 Å². The minimum absolute atomic E-state index is 0.0369. The maximum Gasteiger partial charge on any atom is 0.238 e. The number of nitrogens with two attached hydrogens (primary N) is 1. The predicted octanol–water partition coefficient (Wildman–Crippen LogP) is 5.31. The molecule has 0 spiro atoms. The first-order valence-corrected chi connectivity index (χ1v) is 12.7. The second-order valence-electron chi connectivity index (χ2n) is 7.98. The summed E-state index contributed by atoms with van der Waals surface area (Å²) in [7, 11) is -3.79. The first kappa shape index (κ1) is 23.2. The number of hydrogen-bond donors (Lipinski definition) is 2. The summed E-state index contributed by atoms with van der Waals surface area (Å²) >= 11 is 6.03. The highest BCUT2D eigenvalue weighted by Gasteiger charge is 2.16. The molecule has 0 saturated heterocycles. The Labute approximate surface area is 207 Å². The quantitative estimate of drug-likeness (QED) is 0.312. The number of fused-ring (bicyclic) bond motifs is 1. The van der Waals surface area contributed by atoms with Crippen molar-refractivity contribution in [2.24, 2.45) is 5.14 Å². The van der Waals surface area contributed by atoms with Crippen molar-refractivity contribution < 1.29 is 13.2 Å². The maximum atomic E-state index is 11.6. The van der Waals surface area contributed by atoms with E-state index in [-0.39, 0.29) is 11.5 Å². The van der Waals surface area contributed by atoms with Crippen molar-refractivity contribution in [1.82, 2.24) is 15.0 Å². The van der Waals surface area contributed by atoms with E-state index in [2.05, 4.69) is 9.97 Å². The number of nitrogens with one attached hydrogen (secondary N) is 1. The van der Waals surface area contributed by atoms with Gasteiger partial charge in [0.1, 0.15) is 5.82 Å². The van der Waals surface area contributed by atoms with Crippen molar-refractivity contribution in [3.63, 3.8) is 0 Å². The van der Waals surface area contributed by atoms with Crippen molar-refractivity contribution >= 4 is 32.5 Å². The van der Waals surface area contributed by atoms with Gasteiger partial charge in [0.2, 0.25) is 10.0 Å². The van der Waals surface area contributed by atoms with E-state index in [0.29, 0.717) is 23.1 Å². The molecule has 0 aliphatic carbocycles. The number of H-pyrrole nitrogens is 1. The molecule has 3 aromatic carbocycles. The second kappa shape index (κ2) is 9.59. The van der Waals surface area contributed by atoms with Crippen LogP contribution in [0, 0.1) is 0 Å². The van der Waals surface area contributed by atoms with Gasteiger partial charge in [-0.1, -0.05) is 48.0 Å². The normalized spacial score (nSPS) is 11.7. The molecule has 0 amide bonds. The highest BCUT2D eigenvalue weighted by Crippen LogP contribution is 2.28. The smallest absolute Gasteiger partial charge is 0.238 e. The maximum absolute atomic E-state index is 11.6. The third-order valence-corrected chi connectivity index (χ3v) is 6.69. The zero-order chi connectivity index (χ0) is 24.4. The highest BCUT2D eigenvalue weighted by molar-refractivity contribution is 7.89. The number of sulfonamides is 1. The Hall–Kier alpha value is -3.56. The summed E-state index contributed by atoms with van der Waals surface area (Å²) in [6.45, 7) is 0.575. The predicted molar refractivity (Wildman–Crippen MR) is 136 cm³/mol. The van der Waals surface area contributed by atoms with E-state index in [0.717, 1.165) is 33.4 Å². The molecule has 3 N–H and O–H groups in total. The van der Waals surface area contributed by atoms with E-state index in [1.165, 1.54) is 12.1 Å². The topological polar surface area (TPSA) is 111 Å². The lowest BCUT2D eigenvalue weighted by molar-refractivity contribution is 0.103. The van der Waals surface area contributed by atoms with Gasteiger partial charge < -0.3 is 9.72 Å². The number of rotatable bonds is 7. The largest absolute Gasteiger partial charge is 0.369 e. The highest BCUT2D eigenvalue weighted by atomic mass is 35.5. The van der Waals surface area contributed by atoms with Crippen molar-refractivity contribution in [2.45, 2.75) is 18.1 Å². The first-order chi connectivity index (χ1) is 16.9. The number of ether oxygens (including phenoxy) is 1. The number of benzene rings is 3. The zero-order valence-electron chi connectivity index (χ0n) is 18.5. The van der Waals surface area contributed by atoms with Crippen LogP contribution in [-0.2, 0) is 28.0 Å². The summed E-state index contributed by atoms with van der Waals surface area (Å²) in [4.78, 5) is 12.8. The second-order valence-corrected chi connectivity index (χ2v) is 9.97. The molecule has 0 aliphatic rings. The third-order valence-electron chi connectivity index (χ3n) is 5.51. The molecule has 2 heterocycles. The summed E-state index contributed by atoms with van der Waals surface area (Å²) in [6, 6.07) is 25.5. The van der Waals surface area contributed by atoms with Gasteiger partial charge in [0.25, 0.3) is 0 Å². The van der Waals surface area contributed by atoms with Crippen LogP contribution in [0.3, 0.4) is 0 Å². The van der Waals surface area contributed by atoms with E-state index in [1.54, 1.807) is 24.3 Å². The zero-order valence-corrected chi connectivity index (χ0v) is 20.1. The molecule has 0 saturated carbocycles. The molecular weight excluding hydrogens is 484 g/mol. The molecule has 0 aliphatic heterocycles. The number of primary sulfonamides is 1. The summed E-state index contributed by atoms with van der Waals surface area (Å²) < 4.78 is 29.3. The SMILES string of the molecule is NS(=O)(=O)c1ccc(-c2nc(-c3ccc(Cl)cc3)[nH]c2COCc2ccc3ccccc3n2)cc1. The van der Waals surface area contributed by atoms with Gasteiger partial charge in [0.15, 0.2) is 0 Å². The van der Waals surface area contributed by atoms with Gasteiger partial charge in [-0.25, -0.2) is 18.5 Å². The van der Waals surface area contributed by atoms with E-state index >= 15 is 0 Å². The molecule has 35 heavy (non-hydrogen) atoms. The van der Waals surface area contributed by atoms with Gasteiger partial charge in [-0.05, 0) is 48.5 Å². The summed E-state index contributed by atoms with van der Waals surface area (Å²) in [5.74, 6) is 0.648. The molecule has 0 fully saturated rings. The molecule has 2 aromatic heterocycles. The monoisotopic (exact) mass is 504 g/mol. The van der Waals surface area contributed by atoms with E-state index in [4.69, 9.17) is 26.5 Å². The van der Waals surface area contributed by atoms with Crippen LogP contribution in [0.15, 0.2) is 89.8 Å². The third kappa shape index (κ3) is 5.26. The molecule has 176 valence electrons. The average molecular weight is 505 g/mol. The van der Waals surface area contributed by atoms with Crippen molar-refractivity contribution in [3.8, 4) is 22.6 Å². The van der Waals surface area contributed by atoms with Crippen LogP contribution in [0.4, 0.5) is 0 Å². The van der Waals surface area contributed by atoms with E-state index in [9.17, 15) is 8.42 Å². The Bertz CT molecular complexity index is 1600. The standard InChI is InChI=1S/C26H21ClN4O3S/c27-20-10-5-19(6-11-20)26-30-24(25(31-26)18-8-13-22(14-9-18)35(28,32)33)16-34-15-21-12-7-17-3-1-2-4-23(17)29-21/h1-14H,15-16H2,(H,30,31)(H2,28,32,33). The Morgan fingerprint density at radius 3 is 2.29 bits per heavy atom. The number of aromatic nitrogens is 3. The van der Waals surface area contributed by atoms with Gasteiger partial charge in [-0.15, -0.1) is 0 Å². The van der Waals surface area contributed by atoms with Crippen molar-refractivity contribution in [3.05, 3.63) is 101 Å². The van der Waals surface area contributed by atoms with Crippen LogP contribution in [0.1, 0.15) is 11.4 Å². The van der Waals surface area contributed by atoms with Crippen LogP contribution in [0.5, 0.6) is 0 Å². The Morgan fingerprint density at radius 1 is 0.829 bits per heavy atom. The number of aromatic amines is 1. The van der Waals surface area contributed by atoms with Gasteiger partial charge in [0, 0.05) is 21.5 Å². The lowest BCUT2D eigenvalue weighted by atomic mass is 10.1. The Kier molecular flexibility index (Phi) is 6.36. The number of imidazole rings is 1. The fraction of sp³-hybridized carbons (Fsp3) is 0.0769. The van der Waals surface area contributed by atoms with Gasteiger partial charge >= 0.3 is 0 Å². The van der Waals surface area contributed by atoms with Crippen LogP contribution in [0.2, 0.25) is 5.02 Å². The molecule has 5 aromatic rings. The number of halogens is 1. The molecule has 0 radical (unpaired) electrons. The molecule has 9 heteroatoms. The van der Waals surface area contributed by atoms with Gasteiger partial charge in [0.05, 0.1) is 40.7 Å². The van der Waals surface area contributed by atoms with Crippen LogP contribution >= 0.6 is 11.6 Å². The van der Waals surface area contributed by atoms with E-state index in [1.807, 2.05) is 48.5 Å². The summed E-state index contributed by atoms with van der Waals surface area (Å²) in [5, 5.41) is 6.94. The molecular formula is C26H21ClN4O3S. The Morgan fingerprint density at radius 2 is 1.54 bits per heavy atom. The molecule has 0 bridgehead atoms. The van der Waals surface area contributed by atoms with Crippen molar-refractivity contribution in [1.29, 1.82) is 0 Å². The number of para-hydroxylation sites is 1. The number of pyridine rings is 1. The lowest BCUT2D eigenvalue weighted by Crippen LogP contribution is -2.11. The molecule has 0 unspecified atom stereocenters. The fourth-order valence-corrected chi connectivity index (χ4v) is 4.39. The summed E-state index contributed by atoms with van der Waals surface area (Å²) in [6.07, 6.45) is 0. The number of hydrogen-bond acceptors (Lipinski definition) is 5. The minimum atomic E-state index is -3.79. The van der Waals surface area contributed by atoms with Gasteiger partial charge in [-0.2, -0.15) is 0 Å². The van der Waals surface area contributed by atoms with E-state index < -0.39 is 10.0 Å². The van der Waals surface area contributed by atoms with Crippen LogP contribution in [0.25, 0.3) is 33.5 Å². The van der Waals surface area contributed by atoms with Gasteiger partial charge in [-0.3, -0.25) is 4.98 Å². The average Bonchev–Trinajstić information content (AvgIpc) is 3.28. The van der Waals surface area contributed by atoms with Crippen molar-refractivity contribution in [2.75, 3.05) is 0 Å². The molecule has 0 atom stereocenters. The van der Waals surface area contributed by atoms with Crippen LogP contribution < -0.4 is 5.14 Å². The first-order valence-electron chi connectivity index (χ1n) is 10.8. The molecule has 5 rings (SSSR count). The minimum Gasteiger partial charge on any atom is -0.369 e. The number of nitrogens with zero attached hydrogens (tertiary/aromatic N) is 2. The summed E-state index contributed by atoms with van der Waals surface area (Å²) in [5.41, 5.74) is 4.73. The lowest BCUT2D eigenvalue weighted by Gasteiger charge is -2.07. The Balaban J connectivity index is 1.42. The fourth-order valence-electron chi connectivity index (χ4n) is 3.75.